The molecule has 0 fully saturated rings. The number of amides is 1. The number of alkyl halides is 3. The first-order chi connectivity index (χ1) is 11.3. The second kappa shape index (κ2) is 8.05. The number of rotatable bonds is 6. The summed E-state index contributed by atoms with van der Waals surface area (Å²) in [6.07, 6.45) is 0. The van der Waals surface area contributed by atoms with Gasteiger partial charge in [0.15, 0.2) is 0 Å². The molecule has 8 heteroatoms. The summed E-state index contributed by atoms with van der Waals surface area (Å²) in [7, 11) is 0. The number of thioether (sulfide) groups is 1. The van der Waals surface area contributed by atoms with Crippen molar-refractivity contribution < 1.29 is 27.1 Å². The van der Waals surface area contributed by atoms with Crippen molar-refractivity contribution in [3.63, 3.8) is 0 Å². The molecule has 0 aliphatic heterocycles. The Labute approximate surface area is 140 Å². The fourth-order valence-electron chi connectivity index (χ4n) is 1.80. The second-order valence-electron chi connectivity index (χ2n) is 4.63. The van der Waals surface area contributed by atoms with Crippen LogP contribution >= 0.6 is 11.8 Å². The number of benzene rings is 2. The van der Waals surface area contributed by atoms with Gasteiger partial charge in [-0.1, -0.05) is 6.07 Å². The highest BCUT2D eigenvalue weighted by molar-refractivity contribution is 8.00. The number of carbonyl (C=O) groups excluding carboxylic acids is 1. The third kappa shape index (κ3) is 6.11. The molecule has 128 valence electrons. The third-order valence-electron chi connectivity index (χ3n) is 2.80. The first-order valence-corrected chi connectivity index (χ1v) is 7.67. The van der Waals surface area contributed by atoms with E-state index >= 15 is 0 Å². The van der Waals surface area contributed by atoms with Crippen molar-refractivity contribution in [3.05, 3.63) is 59.9 Å². The summed E-state index contributed by atoms with van der Waals surface area (Å²) < 4.78 is 54.9. The Kier molecular flexibility index (Phi) is 6.08. The predicted octanol–water partition coefficient (Wildman–Crippen LogP) is 4.25. The predicted molar refractivity (Wildman–Crippen MR) is 82.6 cm³/mol. The smallest absolute Gasteiger partial charge is 0.446 e. The lowest BCUT2D eigenvalue weighted by Crippen LogP contribution is -2.28. The number of halogens is 4. The molecule has 0 saturated heterocycles. The molecule has 0 saturated carbocycles. The molecule has 2 rings (SSSR count). The van der Waals surface area contributed by atoms with Gasteiger partial charge in [-0.3, -0.25) is 4.79 Å². The molecule has 0 atom stereocenters. The highest BCUT2D eigenvalue weighted by atomic mass is 32.2. The highest BCUT2D eigenvalue weighted by Crippen LogP contribution is 2.36. The number of carbonyl (C=O) groups is 1. The van der Waals surface area contributed by atoms with Crippen molar-refractivity contribution in [3.8, 4) is 5.75 Å². The van der Waals surface area contributed by atoms with Crippen LogP contribution in [-0.4, -0.2) is 24.6 Å². The van der Waals surface area contributed by atoms with Crippen molar-refractivity contribution in [2.24, 2.45) is 0 Å². The summed E-state index contributed by atoms with van der Waals surface area (Å²) in [4.78, 5) is 11.9. The standard InChI is InChI=1S/C16H13F4NO2S/c17-12-2-1-3-13(10-12)23-9-8-21-15(22)11-4-6-14(7-5-11)24-16(18,19)20/h1-7,10H,8-9H2,(H,21,22). The summed E-state index contributed by atoms with van der Waals surface area (Å²) in [6.45, 7) is 0.311. The van der Waals surface area contributed by atoms with Gasteiger partial charge in [-0.05, 0) is 48.2 Å². The van der Waals surface area contributed by atoms with Gasteiger partial charge < -0.3 is 10.1 Å². The van der Waals surface area contributed by atoms with Crippen LogP contribution in [0.5, 0.6) is 5.75 Å². The normalized spacial score (nSPS) is 11.2. The van der Waals surface area contributed by atoms with Crippen molar-refractivity contribution in [1.29, 1.82) is 0 Å². The zero-order chi connectivity index (χ0) is 17.6. The molecule has 0 unspecified atom stereocenters. The van der Waals surface area contributed by atoms with Crippen molar-refractivity contribution in [1.82, 2.24) is 5.32 Å². The van der Waals surface area contributed by atoms with Gasteiger partial charge in [-0.2, -0.15) is 13.2 Å². The average molecular weight is 359 g/mol. The molecular formula is C16H13F4NO2S. The van der Waals surface area contributed by atoms with Crippen LogP contribution in [0.1, 0.15) is 10.4 Å². The van der Waals surface area contributed by atoms with E-state index in [4.69, 9.17) is 4.74 Å². The molecule has 1 N–H and O–H groups in total. The Morgan fingerprint density at radius 1 is 1.12 bits per heavy atom. The Bertz CT molecular complexity index is 689. The minimum Gasteiger partial charge on any atom is -0.492 e. The summed E-state index contributed by atoms with van der Waals surface area (Å²) in [5.41, 5.74) is -4.12. The van der Waals surface area contributed by atoms with E-state index in [2.05, 4.69) is 5.32 Å². The van der Waals surface area contributed by atoms with Crippen molar-refractivity contribution in [2.45, 2.75) is 10.4 Å². The number of hydrogen-bond donors (Lipinski definition) is 1. The number of hydrogen-bond acceptors (Lipinski definition) is 3. The van der Waals surface area contributed by atoms with Gasteiger partial charge in [-0.25, -0.2) is 4.39 Å². The van der Waals surface area contributed by atoms with E-state index in [0.29, 0.717) is 5.75 Å². The van der Waals surface area contributed by atoms with Gasteiger partial charge in [0.25, 0.3) is 5.91 Å². The van der Waals surface area contributed by atoms with Crippen molar-refractivity contribution in [2.75, 3.05) is 13.2 Å². The number of nitrogens with one attached hydrogen (secondary N) is 1. The monoisotopic (exact) mass is 359 g/mol. The molecule has 24 heavy (non-hydrogen) atoms. The van der Waals surface area contributed by atoms with Crippen LogP contribution in [0.15, 0.2) is 53.4 Å². The fourth-order valence-corrected chi connectivity index (χ4v) is 2.34. The summed E-state index contributed by atoms with van der Waals surface area (Å²) >= 11 is -0.241. The van der Waals surface area contributed by atoms with Crippen LogP contribution in [0, 0.1) is 5.82 Å². The molecule has 0 spiro atoms. The van der Waals surface area contributed by atoms with Gasteiger partial charge in [0.2, 0.25) is 0 Å². The molecule has 3 nitrogen and oxygen atoms in total. The summed E-state index contributed by atoms with van der Waals surface area (Å²) in [5, 5.41) is 2.56. The lowest BCUT2D eigenvalue weighted by Gasteiger charge is -2.09. The van der Waals surface area contributed by atoms with Gasteiger partial charge in [-0.15, -0.1) is 0 Å². The SMILES string of the molecule is O=C(NCCOc1cccc(F)c1)c1ccc(SC(F)(F)F)cc1. The number of ether oxygens (including phenoxy) is 1. The van der Waals surface area contributed by atoms with Gasteiger partial charge >= 0.3 is 5.51 Å². The Balaban J connectivity index is 1.78. The third-order valence-corrected chi connectivity index (χ3v) is 3.54. The Morgan fingerprint density at radius 2 is 1.83 bits per heavy atom. The first kappa shape index (κ1) is 18.1. The molecule has 0 aromatic heterocycles. The van der Waals surface area contributed by atoms with Crippen molar-refractivity contribution >= 4 is 17.7 Å². The minimum absolute atomic E-state index is 0.00786. The Hall–Kier alpha value is -2.22. The average Bonchev–Trinajstić information content (AvgIpc) is 2.50. The van der Waals surface area contributed by atoms with Crippen LogP contribution < -0.4 is 10.1 Å². The van der Waals surface area contributed by atoms with E-state index in [1.165, 1.54) is 42.5 Å². The molecule has 0 bridgehead atoms. The summed E-state index contributed by atoms with van der Waals surface area (Å²) in [6, 6.07) is 10.7. The van der Waals surface area contributed by atoms with Crippen LogP contribution in [-0.2, 0) is 0 Å². The van der Waals surface area contributed by atoms with E-state index in [-0.39, 0.29) is 35.4 Å². The van der Waals surface area contributed by atoms with E-state index < -0.39 is 17.2 Å². The van der Waals surface area contributed by atoms with E-state index in [1.54, 1.807) is 6.07 Å². The molecular weight excluding hydrogens is 346 g/mol. The molecule has 2 aromatic rings. The second-order valence-corrected chi connectivity index (χ2v) is 5.77. The first-order valence-electron chi connectivity index (χ1n) is 6.86. The molecule has 0 aliphatic carbocycles. The van der Waals surface area contributed by atoms with Crippen LogP contribution in [0.2, 0.25) is 0 Å². The molecule has 1 amide bonds. The molecule has 0 radical (unpaired) electrons. The minimum atomic E-state index is -4.36. The molecule has 0 aliphatic rings. The highest BCUT2D eigenvalue weighted by Gasteiger charge is 2.29. The largest absolute Gasteiger partial charge is 0.492 e. The van der Waals surface area contributed by atoms with E-state index in [9.17, 15) is 22.4 Å². The van der Waals surface area contributed by atoms with Gasteiger partial charge in [0.1, 0.15) is 18.2 Å². The lowest BCUT2D eigenvalue weighted by atomic mass is 10.2. The summed E-state index contributed by atoms with van der Waals surface area (Å²) in [5.74, 6) is -0.507. The maximum absolute atomic E-state index is 12.9. The topological polar surface area (TPSA) is 38.3 Å². The molecule has 2 aromatic carbocycles. The zero-order valence-corrected chi connectivity index (χ0v) is 13.1. The van der Waals surface area contributed by atoms with Crippen LogP contribution in [0.4, 0.5) is 17.6 Å². The maximum Gasteiger partial charge on any atom is 0.446 e. The zero-order valence-electron chi connectivity index (χ0n) is 12.3. The quantitative estimate of drug-likeness (QED) is 0.476. The van der Waals surface area contributed by atoms with Crippen LogP contribution in [0.3, 0.4) is 0 Å². The van der Waals surface area contributed by atoms with Crippen LogP contribution in [0.25, 0.3) is 0 Å². The lowest BCUT2D eigenvalue weighted by molar-refractivity contribution is -0.0328. The van der Waals surface area contributed by atoms with E-state index in [1.807, 2.05) is 0 Å². The Morgan fingerprint density at radius 3 is 2.46 bits per heavy atom. The molecule has 0 heterocycles. The fraction of sp³-hybridized carbons (Fsp3) is 0.188. The maximum atomic E-state index is 12.9. The van der Waals surface area contributed by atoms with Gasteiger partial charge in [0.05, 0.1) is 6.54 Å². The van der Waals surface area contributed by atoms with Gasteiger partial charge in [0, 0.05) is 16.5 Å². The van der Waals surface area contributed by atoms with E-state index in [0.717, 1.165) is 0 Å².